The second kappa shape index (κ2) is 5.51. The Kier molecular flexibility index (Phi) is 3.79. The van der Waals surface area contributed by atoms with E-state index < -0.39 is 0 Å². The standard InChI is InChI=1S/C13H16N4O2/c1-3-16-12(6-7-15-16)9-14-13-5-4-11(17(18)19)8-10(13)2/h4-8,14H,3,9H2,1-2H3. The molecule has 1 aromatic carbocycles. The largest absolute Gasteiger partial charge is 0.379 e. The number of nitrogens with zero attached hydrogens (tertiary/aromatic N) is 3. The predicted octanol–water partition coefficient (Wildman–Crippen LogP) is 2.73. The smallest absolute Gasteiger partial charge is 0.269 e. The van der Waals surface area contributed by atoms with Crippen LogP contribution in [0.3, 0.4) is 0 Å². The zero-order valence-corrected chi connectivity index (χ0v) is 11.0. The monoisotopic (exact) mass is 260 g/mol. The molecule has 0 unspecified atom stereocenters. The number of hydrogen-bond acceptors (Lipinski definition) is 4. The molecule has 1 aromatic heterocycles. The van der Waals surface area contributed by atoms with E-state index in [0.29, 0.717) is 6.54 Å². The maximum Gasteiger partial charge on any atom is 0.269 e. The number of aryl methyl sites for hydroxylation is 2. The summed E-state index contributed by atoms with van der Waals surface area (Å²) in [5, 5.41) is 18.1. The molecule has 100 valence electrons. The highest BCUT2D eigenvalue weighted by atomic mass is 16.6. The minimum absolute atomic E-state index is 0.113. The third-order valence-corrected chi connectivity index (χ3v) is 2.98. The normalized spacial score (nSPS) is 10.4. The van der Waals surface area contributed by atoms with Crippen LogP contribution in [0.25, 0.3) is 0 Å². The molecule has 0 fully saturated rings. The van der Waals surface area contributed by atoms with Gasteiger partial charge in [-0.05, 0) is 31.5 Å². The number of nitro groups is 1. The molecular formula is C13H16N4O2. The highest BCUT2D eigenvalue weighted by molar-refractivity contribution is 5.55. The number of anilines is 1. The van der Waals surface area contributed by atoms with Gasteiger partial charge < -0.3 is 5.32 Å². The van der Waals surface area contributed by atoms with Crippen LogP contribution in [0.4, 0.5) is 11.4 Å². The summed E-state index contributed by atoms with van der Waals surface area (Å²) in [7, 11) is 0. The lowest BCUT2D eigenvalue weighted by Crippen LogP contribution is -2.08. The number of benzene rings is 1. The molecule has 0 atom stereocenters. The second-order valence-corrected chi connectivity index (χ2v) is 4.25. The van der Waals surface area contributed by atoms with Gasteiger partial charge in [-0.25, -0.2) is 0 Å². The molecule has 0 saturated heterocycles. The summed E-state index contributed by atoms with van der Waals surface area (Å²) < 4.78 is 1.91. The lowest BCUT2D eigenvalue weighted by atomic mass is 10.2. The van der Waals surface area contributed by atoms with Crippen molar-refractivity contribution in [2.24, 2.45) is 0 Å². The summed E-state index contributed by atoms with van der Waals surface area (Å²) in [5.41, 5.74) is 2.95. The van der Waals surface area contributed by atoms with Crippen LogP contribution in [0.15, 0.2) is 30.5 Å². The van der Waals surface area contributed by atoms with Crippen LogP contribution in [-0.2, 0) is 13.1 Å². The lowest BCUT2D eigenvalue weighted by molar-refractivity contribution is -0.384. The van der Waals surface area contributed by atoms with Crippen molar-refractivity contribution in [3.05, 3.63) is 51.8 Å². The molecule has 0 spiro atoms. The summed E-state index contributed by atoms with van der Waals surface area (Å²) >= 11 is 0. The van der Waals surface area contributed by atoms with E-state index in [4.69, 9.17) is 0 Å². The van der Waals surface area contributed by atoms with E-state index in [0.717, 1.165) is 23.5 Å². The molecule has 0 aliphatic carbocycles. The molecule has 0 saturated carbocycles. The molecule has 2 rings (SSSR count). The summed E-state index contributed by atoms with van der Waals surface area (Å²) in [5.74, 6) is 0. The van der Waals surface area contributed by atoms with Crippen molar-refractivity contribution in [3.8, 4) is 0 Å². The third kappa shape index (κ3) is 2.90. The van der Waals surface area contributed by atoms with Crippen molar-refractivity contribution >= 4 is 11.4 Å². The minimum Gasteiger partial charge on any atom is -0.379 e. The first-order chi connectivity index (χ1) is 9.11. The molecular weight excluding hydrogens is 244 g/mol. The Balaban J connectivity index is 2.10. The molecule has 0 aliphatic rings. The van der Waals surface area contributed by atoms with E-state index in [1.807, 2.05) is 24.6 Å². The van der Waals surface area contributed by atoms with Crippen LogP contribution in [-0.4, -0.2) is 14.7 Å². The van der Waals surface area contributed by atoms with Crippen LogP contribution in [0.1, 0.15) is 18.2 Å². The predicted molar refractivity (Wildman–Crippen MR) is 73.1 cm³/mol. The molecule has 2 aromatic rings. The van der Waals surface area contributed by atoms with E-state index in [9.17, 15) is 10.1 Å². The number of hydrogen-bond donors (Lipinski definition) is 1. The van der Waals surface area contributed by atoms with Gasteiger partial charge in [0, 0.05) is 30.6 Å². The van der Waals surface area contributed by atoms with Gasteiger partial charge in [0.1, 0.15) is 0 Å². The third-order valence-electron chi connectivity index (χ3n) is 2.98. The van der Waals surface area contributed by atoms with Crippen LogP contribution < -0.4 is 5.32 Å². The minimum atomic E-state index is -0.386. The van der Waals surface area contributed by atoms with Gasteiger partial charge in [0.25, 0.3) is 5.69 Å². The fourth-order valence-electron chi connectivity index (χ4n) is 1.94. The highest BCUT2D eigenvalue weighted by Crippen LogP contribution is 2.21. The molecule has 6 heteroatoms. The molecule has 0 radical (unpaired) electrons. The first kappa shape index (κ1) is 13.1. The Morgan fingerprint density at radius 2 is 2.21 bits per heavy atom. The Hall–Kier alpha value is -2.37. The summed E-state index contributed by atoms with van der Waals surface area (Å²) in [6.07, 6.45) is 1.77. The van der Waals surface area contributed by atoms with Gasteiger partial charge in [0.05, 0.1) is 17.2 Å². The number of rotatable bonds is 5. The number of nitrogens with one attached hydrogen (secondary N) is 1. The van der Waals surface area contributed by atoms with Gasteiger partial charge in [0.2, 0.25) is 0 Å². The van der Waals surface area contributed by atoms with Gasteiger partial charge in [-0.3, -0.25) is 14.8 Å². The van der Waals surface area contributed by atoms with E-state index in [1.165, 1.54) is 6.07 Å². The maximum absolute atomic E-state index is 10.7. The SMILES string of the molecule is CCn1nccc1CNc1ccc([N+](=O)[O-])cc1C. The van der Waals surface area contributed by atoms with Crippen molar-refractivity contribution in [2.45, 2.75) is 26.9 Å². The second-order valence-electron chi connectivity index (χ2n) is 4.25. The highest BCUT2D eigenvalue weighted by Gasteiger charge is 2.08. The summed E-state index contributed by atoms with van der Waals surface area (Å²) in [4.78, 5) is 10.3. The molecule has 19 heavy (non-hydrogen) atoms. The fraction of sp³-hybridized carbons (Fsp3) is 0.308. The molecule has 0 bridgehead atoms. The van der Waals surface area contributed by atoms with Crippen molar-refractivity contribution in [2.75, 3.05) is 5.32 Å². The molecule has 6 nitrogen and oxygen atoms in total. The quantitative estimate of drug-likeness (QED) is 0.662. The van der Waals surface area contributed by atoms with Crippen LogP contribution in [0, 0.1) is 17.0 Å². The zero-order chi connectivity index (χ0) is 13.8. The van der Waals surface area contributed by atoms with Gasteiger partial charge >= 0.3 is 0 Å². The first-order valence-corrected chi connectivity index (χ1v) is 6.11. The topological polar surface area (TPSA) is 73.0 Å². The Morgan fingerprint density at radius 1 is 1.42 bits per heavy atom. The van der Waals surface area contributed by atoms with Crippen molar-refractivity contribution in [1.82, 2.24) is 9.78 Å². The number of non-ortho nitro benzene ring substituents is 1. The molecule has 0 amide bonds. The van der Waals surface area contributed by atoms with E-state index >= 15 is 0 Å². The van der Waals surface area contributed by atoms with Gasteiger partial charge in [-0.2, -0.15) is 5.10 Å². The van der Waals surface area contributed by atoms with Crippen molar-refractivity contribution < 1.29 is 4.92 Å². The average molecular weight is 260 g/mol. The first-order valence-electron chi connectivity index (χ1n) is 6.11. The van der Waals surface area contributed by atoms with E-state index in [1.54, 1.807) is 18.3 Å². The van der Waals surface area contributed by atoms with Crippen LogP contribution in [0.5, 0.6) is 0 Å². The Morgan fingerprint density at radius 3 is 2.84 bits per heavy atom. The van der Waals surface area contributed by atoms with E-state index in [-0.39, 0.29) is 10.6 Å². The molecule has 1 heterocycles. The van der Waals surface area contributed by atoms with Crippen molar-refractivity contribution in [1.29, 1.82) is 0 Å². The lowest BCUT2D eigenvalue weighted by Gasteiger charge is -2.10. The maximum atomic E-state index is 10.7. The summed E-state index contributed by atoms with van der Waals surface area (Å²) in [6.45, 7) is 5.36. The Labute approximate surface area is 111 Å². The number of aromatic nitrogens is 2. The van der Waals surface area contributed by atoms with Gasteiger partial charge in [-0.1, -0.05) is 0 Å². The number of nitro benzene ring substituents is 1. The average Bonchev–Trinajstić information content (AvgIpc) is 2.84. The van der Waals surface area contributed by atoms with Crippen LogP contribution in [0.2, 0.25) is 0 Å². The molecule has 0 aliphatic heterocycles. The van der Waals surface area contributed by atoms with E-state index in [2.05, 4.69) is 10.4 Å². The molecule has 1 N–H and O–H groups in total. The fourth-order valence-corrected chi connectivity index (χ4v) is 1.94. The zero-order valence-electron chi connectivity index (χ0n) is 11.0. The van der Waals surface area contributed by atoms with Gasteiger partial charge in [0.15, 0.2) is 0 Å². The Bertz CT molecular complexity index is 592. The van der Waals surface area contributed by atoms with Crippen LogP contribution >= 0.6 is 0 Å². The summed E-state index contributed by atoms with van der Waals surface area (Å²) in [6, 6.07) is 6.77. The van der Waals surface area contributed by atoms with Crippen molar-refractivity contribution in [3.63, 3.8) is 0 Å². The van der Waals surface area contributed by atoms with Gasteiger partial charge in [-0.15, -0.1) is 0 Å².